The molecule has 1 nitrogen and oxygen atoms in total. The Morgan fingerprint density at radius 1 is 0.378 bits per heavy atom. The third kappa shape index (κ3) is 3.62. The van der Waals surface area contributed by atoms with Gasteiger partial charge in [0.05, 0.1) is 17.8 Å². The van der Waals surface area contributed by atoms with Gasteiger partial charge in [0, 0.05) is 10.9 Å². The Kier molecular flexibility index (Phi) is 3.14. The molecule has 45 heavy (non-hydrogen) atoms. The summed E-state index contributed by atoms with van der Waals surface area (Å²) in [5, 5.41) is 1.51. The van der Waals surface area contributed by atoms with E-state index < -0.39 is 78.1 Å². The van der Waals surface area contributed by atoms with Crippen LogP contribution in [0.3, 0.4) is 0 Å². The van der Waals surface area contributed by atoms with Gasteiger partial charge < -0.3 is 4.74 Å². The van der Waals surface area contributed by atoms with E-state index >= 15 is 0 Å². The van der Waals surface area contributed by atoms with Crippen LogP contribution in [0.2, 0.25) is 0 Å². The standard InChI is InChI=1S/C44H26O/c1-2-7-27(8-3-1)34-20-15-29-18-23-38-35(21-16-30-17-22-37(34)43(29)44(30)38)33-12-4-11-31(25-33)32-19-24-40-39(26-32)36-13-5-9-28-10-6-14-41(45-40)42(28)36/h1-26H/i1D,2D,3D,7D,8D,15D,16D,17D,18D,20D,21D,22D,23D. The highest BCUT2D eigenvalue weighted by atomic mass is 16.5. The van der Waals surface area contributed by atoms with Crippen LogP contribution in [-0.2, 0) is 0 Å². The lowest BCUT2D eigenvalue weighted by molar-refractivity contribution is 0.487. The Balaban J connectivity index is 1.28. The van der Waals surface area contributed by atoms with Gasteiger partial charge in [-0.05, 0) is 101 Å². The summed E-state index contributed by atoms with van der Waals surface area (Å²) in [7, 11) is 0. The molecule has 0 spiro atoms. The zero-order valence-corrected chi connectivity index (χ0v) is 23.4. The Morgan fingerprint density at radius 2 is 1.02 bits per heavy atom. The summed E-state index contributed by atoms with van der Waals surface area (Å²) >= 11 is 0. The zero-order chi connectivity index (χ0) is 40.8. The van der Waals surface area contributed by atoms with Crippen molar-refractivity contribution in [3.63, 3.8) is 0 Å². The summed E-state index contributed by atoms with van der Waals surface area (Å²) < 4.78 is 122. The molecule has 0 aromatic heterocycles. The van der Waals surface area contributed by atoms with Crippen molar-refractivity contribution in [2.45, 2.75) is 0 Å². The maximum atomic E-state index is 9.36. The maximum Gasteiger partial charge on any atom is 0.135 e. The first-order chi connectivity index (χ1) is 27.7. The molecule has 10 rings (SSSR count). The minimum atomic E-state index is -0.692. The molecule has 0 radical (unpaired) electrons. The molecule has 9 aromatic carbocycles. The SMILES string of the molecule is [2H]c1c([2H])c([2H])c(-c2c([2H])c([2H])c3c([2H])c([2H])c4c(-c5cccc(-c6ccc7c(c6)-c6cccc8cccc(c68)O7)c5)c([2H])c([2H])c5c([2H])c([2H])c2c3c54)c([2H])c1[2H]. The lowest BCUT2D eigenvalue weighted by atomic mass is 9.87. The van der Waals surface area contributed by atoms with Crippen LogP contribution < -0.4 is 4.74 Å². The summed E-state index contributed by atoms with van der Waals surface area (Å²) in [5.41, 5.74) is 3.22. The highest BCUT2D eigenvalue weighted by molar-refractivity contribution is 6.27. The largest absolute Gasteiger partial charge is 0.456 e. The van der Waals surface area contributed by atoms with Gasteiger partial charge in [0.2, 0.25) is 0 Å². The van der Waals surface area contributed by atoms with Crippen LogP contribution in [0.1, 0.15) is 17.8 Å². The number of ether oxygens (including phenoxy) is 1. The fourth-order valence-electron chi connectivity index (χ4n) is 6.56. The normalized spacial score (nSPS) is 16.2. The second-order valence-electron chi connectivity index (χ2n) is 11.1. The summed E-state index contributed by atoms with van der Waals surface area (Å²) in [4.78, 5) is 0. The summed E-state index contributed by atoms with van der Waals surface area (Å²) in [5.74, 6) is 1.46. The summed E-state index contributed by atoms with van der Waals surface area (Å²) in [6.45, 7) is 0. The van der Waals surface area contributed by atoms with Crippen molar-refractivity contribution in [3.8, 4) is 56.0 Å². The molecule has 0 saturated carbocycles. The monoisotopic (exact) mass is 583 g/mol. The molecule has 0 amide bonds. The van der Waals surface area contributed by atoms with Crippen LogP contribution in [0.25, 0.3) is 87.6 Å². The van der Waals surface area contributed by atoms with Crippen molar-refractivity contribution >= 4 is 43.1 Å². The summed E-state index contributed by atoms with van der Waals surface area (Å²) in [6, 6.07) is 17.7. The fraction of sp³-hybridized carbons (Fsp3) is 0. The molecular weight excluding hydrogens is 544 g/mol. The van der Waals surface area contributed by atoms with E-state index in [1.165, 1.54) is 0 Å². The predicted octanol–water partition coefficient (Wildman–Crippen LogP) is 12.5. The molecule has 1 heteroatoms. The van der Waals surface area contributed by atoms with Crippen LogP contribution in [-0.4, -0.2) is 0 Å². The number of hydrogen-bond acceptors (Lipinski definition) is 1. The van der Waals surface area contributed by atoms with Gasteiger partial charge in [0.15, 0.2) is 0 Å². The van der Waals surface area contributed by atoms with Gasteiger partial charge in [-0.1, -0.05) is 133 Å². The minimum Gasteiger partial charge on any atom is -0.456 e. The van der Waals surface area contributed by atoms with Crippen LogP contribution >= 0.6 is 0 Å². The Morgan fingerprint density at radius 3 is 1.80 bits per heavy atom. The molecule has 0 saturated heterocycles. The van der Waals surface area contributed by atoms with Crippen LogP contribution in [0.15, 0.2) is 157 Å². The predicted molar refractivity (Wildman–Crippen MR) is 189 cm³/mol. The molecule has 1 heterocycles. The number of hydrogen-bond donors (Lipinski definition) is 0. The smallest absolute Gasteiger partial charge is 0.135 e. The van der Waals surface area contributed by atoms with Crippen molar-refractivity contribution in [1.82, 2.24) is 0 Å². The Hall–Kier alpha value is -5.92. The summed E-state index contributed by atoms with van der Waals surface area (Å²) in [6.07, 6.45) is 0. The highest BCUT2D eigenvalue weighted by Crippen LogP contribution is 2.48. The van der Waals surface area contributed by atoms with Gasteiger partial charge in [0.1, 0.15) is 11.5 Å². The van der Waals surface area contributed by atoms with Crippen molar-refractivity contribution in [3.05, 3.63) is 157 Å². The van der Waals surface area contributed by atoms with E-state index in [9.17, 15) is 8.22 Å². The molecule has 0 unspecified atom stereocenters. The van der Waals surface area contributed by atoms with E-state index in [1.54, 1.807) is 12.1 Å². The first-order valence-corrected chi connectivity index (χ1v) is 14.5. The second-order valence-corrected chi connectivity index (χ2v) is 11.1. The molecule has 0 aliphatic carbocycles. The van der Waals surface area contributed by atoms with E-state index in [1.807, 2.05) is 66.7 Å². The lowest BCUT2D eigenvalue weighted by Crippen LogP contribution is -1.97. The molecule has 1 aliphatic rings. The fourth-order valence-corrected chi connectivity index (χ4v) is 6.56. The van der Waals surface area contributed by atoms with E-state index in [-0.39, 0.29) is 49.5 Å². The van der Waals surface area contributed by atoms with E-state index in [2.05, 4.69) is 0 Å². The second kappa shape index (κ2) is 9.29. The topological polar surface area (TPSA) is 9.23 Å². The molecule has 9 aromatic rings. The number of rotatable bonds is 3. The van der Waals surface area contributed by atoms with Crippen molar-refractivity contribution in [2.75, 3.05) is 0 Å². The van der Waals surface area contributed by atoms with Gasteiger partial charge in [0.25, 0.3) is 0 Å². The first-order valence-electron chi connectivity index (χ1n) is 21.0. The molecule has 0 fully saturated rings. The van der Waals surface area contributed by atoms with Crippen LogP contribution in [0, 0.1) is 0 Å². The van der Waals surface area contributed by atoms with E-state index in [0.717, 1.165) is 38.8 Å². The molecule has 0 N–H and O–H groups in total. The molecule has 0 atom stereocenters. The van der Waals surface area contributed by atoms with Gasteiger partial charge in [-0.25, -0.2) is 0 Å². The number of fused-ring (bicyclic) bond motifs is 2. The van der Waals surface area contributed by atoms with Crippen molar-refractivity contribution in [2.24, 2.45) is 0 Å². The Bertz CT molecular complexity index is 3320. The molecule has 1 aliphatic heterocycles. The van der Waals surface area contributed by atoms with Gasteiger partial charge >= 0.3 is 0 Å². The first kappa shape index (κ1) is 15.2. The average Bonchev–Trinajstić information content (AvgIpc) is 3.22. The third-order valence-corrected chi connectivity index (χ3v) is 8.59. The Labute approximate surface area is 279 Å². The number of benzene rings is 9. The highest BCUT2D eigenvalue weighted by Gasteiger charge is 2.21. The minimum absolute atomic E-state index is 0.0233. The quantitative estimate of drug-likeness (QED) is 0.188. The van der Waals surface area contributed by atoms with Gasteiger partial charge in [-0.2, -0.15) is 0 Å². The van der Waals surface area contributed by atoms with Gasteiger partial charge in [-0.3, -0.25) is 0 Å². The van der Waals surface area contributed by atoms with Crippen molar-refractivity contribution < 1.29 is 22.6 Å². The van der Waals surface area contributed by atoms with Crippen LogP contribution in [0.4, 0.5) is 0 Å². The van der Waals surface area contributed by atoms with Crippen molar-refractivity contribution in [1.29, 1.82) is 0 Å². The maximum absolute atomic E-state index is 9.36. The molecular formula is C44H26O. The lowest BCUT2D eigenvalue weighted by Gasteiger charge is -2.22. The van der Waals surface area contributed by atoms with E-state index in [0.29, 0.717) is 11.3 Å². The van der Waals surface area contributed by atoms with Crippen LogP contribution in [0.5, 0.6) is 11.5 Å². The van der Waals surface area contributed by atoms with Gasteiger partial charge in [-0.15, -0.1) is 0 Å². The zero-order valence-electron chi connectivity index (χ0n) is 36.4. The average molecular weight is 584 g/mol. The van der Waals surface area contributed by atoms with E-state index in [4.69, 9.17) is 14.3 Å². The third-order valence-electron chi connectivity index (χ3n) is 8.59. The molecule has 0 bridgehead atoms. The molecule has 208 valence electrons.